The van der Waals surface area contributed by atoms with Crippen LogP contribution < -0.4 is 10.1 Å². The van der Waals surface area contributed by atoms with E-state index in [-0.39, 0.29) is 0 Å². The van der Waals surface area contributed by atoms with Crippen LogP contribution in [-0.2, 0) is 0 Å². The fourth-order valence-electron chi connectivity index (χ4n) is 2.60. The van der Waals surface area contributed by atoms with Gasteiger partial charge in [-0.05, 0) is 53.4 Å². The third-order valence-electron chi connectivity index (χ3n) is 3.71. The van der Waals surface area contributed by atoms with Gasteiger partial charge in [0.15, 0.2) is 0 Å². The lowest BCUT2D eigenvalue weighted by Crippen LogP contribution is -2.26. The van der Waals surface area contributed by atoms with E-state index >= 15 is 0 Å². The lowest BCUT2D eigenvalue weighted by molar-refractivity contribution is 0.413. The molecule has 2 heteroatoms. The zero-order chi connectivity index (χ0) is 14.5. The molecule has 2 nitrogen and oxygen atoms in total. The minimum atomic E-state index is 0.418. The second kappa shape index (κ2) is 6.76. The van der Waals surface area contributed by atoms with Gasteiger partial charge in [-0.25, -0.2) is 0 Å². The third kappa shape index (κ3) is 3.31. The summed E-state index contributed by atoms with van der Waals surface area (Å²) in [6.45, 7) is 7.80. The highest BCUT2D eigenvalue weighted by Crippen LogP contribution is 2.27. The molecule has 1 N–H and O–H groups in total. The molecule has 0 aromatic heterocycles. The van der Waals surface area contributed by atoms with Gasteiger partial charge in [0.05, 0.1) is 7.11 Å². The summed E-state index contributed by atoms with van der Waals surface area (Å²) in [5, 5.41) is 6.15. The van der Waals surface area contributed by atoms with Gasteiger partial charge in [0.25, 0.3) is 0 Å². The Morgan fingerprint density at radius 2 is 1.75 bits per heavy atom. The SMILES string of the molecule is CCCNC(c1ccc2cc(OC)ccc2c1)C(C)C. The van der Waals surface area contributed by atoms with Crippen LogP contribution in [0.2, 0.25) is 0 Å². The van der Waals surface area contributed by atoms with Crippen LogP contribution in [0.5, 0.6) is 5.75 Å². The minimum Gasteiger partial charge on any atom is -0.497 e. The van der Waals surface area contributed by atoms with Crippen LogP contribution in [0.4, 0.5) is 0 Å². The van der Waals surface area contributed by atoms with Crippen molar-refractivity contribution in [2.24, 2.45) is 5.92 Å². The lowest BCUT2D eigenvalue weighted by Gasteiger charge is -2.23. The molecule has 2 aromatic rings. The van der Waals surface area contributed by atoms with Crippen molar-refractivity contribution in [3.8, 4) is 5.75 Å². The molecule has 0 aliphatic rings. The van der Waals surface area contributed by atoms with E-state index in [0.717, 1.165) is 18.7 Å². The third-order valence-corrected chi connectivity index (χ3v) is 3.71. The van der Waals surface area contributed by atoms with Crippen molar-refractivity contribution in [3.05, 3.63) is 42.0 Å². The first-order chi connectivity index (χ1) is 9.65. The second-order valence-electron chi connectivity index (χ2n) is 5.65. The summed E-state index contributed by atoms with van der Waals surface area (Å²) in [5.74, 6) is 1.49. The Kier molecular flexibility index (Phi) is 5.02. The van der Waals surface area contributed by atoms with E-state index in [1.54, 1.807) is 7.11 Å². The predicted molar refractivity (Wildman–Crippen MR) is 86.4 cm³/mol. The average molecular weight is 271 g/mol. The molecule has 2 aromatic carbocycles. The maximum absolute atomic E-state index is 5.28. The number of rotatable bonds is 6. The molecule has 0 bridgehead atoms. The zero-order valence-corrected chi connectivity index (χ0v) is 12.9. The fourth-order valence-corrected chi connectivity index (χ4v) is 2.60. The van der Waals surface area contributed by atoms with E-state index in [1.807, 2.05) is 6.07 Å². The van der Waals surface area contributed by atoms with E-state index < -0.39 is 0 Å². The van der Waals surface area contributed by atoms with Gasteiger partial charge in [0, 0.05) is 6.04 Å². The number of nitrogens with one attached hydrogen (secondary N) is 1. The highest BCUT2D eigenvalue weighted by Gasteiger charge is 2.15. The van der Waals surface area contributed by atoms with E-state index in [1.165, 1.54) is 16.3 Å². The molecule has 0 spiro atoms. The molecule has 108 valence electrons. The smallest absolute Gasteiger partial charge is 0.119 e. The molecule has 0 saturated carbocycles. The molecule has 0 amide bonds. The molecule has 0 aliphatic heterocycles. The monoisotopic (exact) mass is 271 g/mol. The van der Waals surface area contributed by atoms with Gasteiger partial charge >= 0.3 is 0 Å². The number of ether oxygens (including phenoxy) is 1. The minimum absolute atomic E-state index is 0.418. The molecule has 1 atom stereocenters. The first kappa shape index (κ1) is 14.9. The standard InChI is InChI=1S/C18H25NO/c1-5-10-19-18(13(2)3)16-7-6-15-12-17(20-4)9-8-14(15)11-16/h6-9,11-13,18-19H,5,10H2,1-4H3. The van der Waals surface area contributed by atoms with E-state index in [4.69, 9.17) is 4.74 Å². The predicted octanol–water partition coefficient (Wildman–Crippen LogP) is 4.55. The van der Waals surface area contributed by atoms with Gasteiger partial charge in [0.1, 0.15) is 5.75 Å². The van der Waals surface area contributed by atoms with Crippen molar-refractivity contribution in [1.29, 1.82) is 0 Å². The van der Waals surface area contributed by atoms with Crippen molar-refractivity contribution in [2.45, 2.75) is 33.2 Å². The molecule has 0 saturated heterocycles. The summed E-state index contributed by atoms with van der Waals surface area (Å²) in [6, 6.07) is 13.4. The van der Waals surface area contributed by atoms with Crippen molar-refractivity contribution in [2.75, 3.05) is 13.7 Å². The summed E-state index contributed by atoms with van der Waals surface area (Å²) in [6.07, 6.45) is 1.16. The molecule has 2 rings (SSSR count). The van der Waals surface area contributed by atoms with Gasteiger partial charge in [-0.15, -0.1) is 0 Å². The fraction of sp³-hybridized carbons (Fsp3) is 0.444. The van der Waals surface area contributed by atoms with E-state index in [0.29, 0.717) is 12.0 Å². The largest absolute Gasteiger partial charge is 0.497 e. The molecule has 0 radical (unpaired) electrons. The second-order valence-corrected chi connectivity index (χ2v) is 5.65. The van der Waals surface area contributed by atoms with Gasteiger partial charge in [-0.1, -0.05) is 39.0 Å². The maximum atomic E-state index is 5.28. The van der Waals surface area contributed by atoms with Crippen molar-refractivity contribution in [3.63, 3.8) is 0 Å². The molecule has 0 heterocycles. The number of methoxy groups -OCH3 is 1. The summed E-state index contributed by atoms with van der Waals surface area (Å²) in [4.78, 5) is 0. The first-order valence-electron chi connectivity index (χ1n) is 7.46. The molecule has 20 heavy (non-hydrogen) atoms. The average Bonchev–Trinajstić information content (AvgIpc) is 2.46. The molecule has 0 fully saturated rings. The quantitative estimate of drug-likeness (QED) is 0.832. The highest BCUT2D eigenvalue weighted by atomic mass is 16.5. The van der Waals surface area contributed by atoms with Crippen molar-refractivity contribution in [1.82, 2.24) is 5.32 Å². The van der Waals surface area contributed by atoms with Crippen LogP contribution in [0.25, 0.3) is 10.8 Å². The Bertz CT molecular complexity index is 562. The Morgan fingerprint density at radius 3 is 2.40 bits per heavy atom. The maximum Gasteiger partial charge on any atom is 0.119 e. The normalized spacial score (nSPS) is 12.8. The molecular weight excluding hydrogens is 246 g/mol. The Morgan fingerprint density at radius 1 is 1.05 bits per heavy atom. The molecule has 0 aliphatic carbocycles. The van der Waals surface area contributed by atoms with Crippen LogP contribution >= 0.6 is 0 Å². The van der Waals surface area contributed by atoms with Crippen molar-refractivity contribution < 1.29 is 4.74 Å². The van der Waals surface area contributed by atoms with Crippen LogP contribution in [-0.4, -0.2) is 13.7 Å². The Labute approximate surface area is 122 Å². The zero-order valence-electron chi connectivity index (χ0n) is 12.9. The van der Waals surface area contributed by atoms with E-state index in [9.17, 15) is 0 Å². The van der Waals surface area contributed by atoms with Gasteiger partial charge in [-0.2, -0.15) is 0 Å². The van der Waals surface area contributed by atoms with Crippen LogP contribution in [0.15, 0.2) is 36.4 Å². The van der Waals surface area contributed by atoms with Crippen LogP contribution in [0.1, 0.15) is 38.8 Å². The van der Waals surface area contributed by atoms with Crippen molar-refractivity contribution >= 4 is 10.8 Å². The number of benzene rings is 2. The summed E-state index contributed by atoms with van der Waals surface area (Å²) in [5.41, 5.74) is 1.37. The van der Waals surface area contributed by atoms with Crippen LogP contribution in [0, 0.1) is 5.92 Å². The summed E-state index contributed by atoms with van der Waals surface area (Å²) in [7, 11) is 1.71. The van der Waals surface area contributed by atoms with Crippen LogP contribution in [0.3, 0.4) is 0 Å². The van der Waals surface area contributed by atoms with E-state index in [2.05, 4.69) is 56.4 Å². The number of fused-ring (bicyclic) bond motifs is 1. The lowest BCUT2D eigenvalue weighted by atomic mass is 9.94. The molecular formula is C18H25NO. The van der Waals surface area contributed by atoms with Gasteiger partial charge in [-0.3, -0.25) is 0 Å². The Hall–Kier alpha value is -1.54. The van der Waals surface area contributed by atoms with Gasteiger partial charge < -0.3 is 10.1 Å². The summed E-state index contributed by atoms with van der Waals surface area (Å²) < 4.78 is 5.28. The first-order valence-corrected chi connectivity index (χ1v) is 7.46. The summed E-state index contributed by atoms with van der Waals surface area (Å²) >= 11 is 0. The topological polar surface area (TPSA) is 21.3 Å². The Balaban J connectivity index is 2.33. The van der Waals surface area contributed by atoms with Gasteiger partial charge in [0.2, 0.25) is 0 Å². The number of hydrogen-bond donors (Lipinski definition) is 1. The molecule has 1 unspecified atom stereocenters. The number of hydrogen-bond acceptors (Lipinski definition) is 2. The highest BCUT2D eigenvalue weighted by molar-refractivity contribution is 5.84.